The van der Waals surface area contributed by atoms with Gasteiger partial charge in [0, 0.05) is 19.5 Å². The van der Waals surface area contributed by atoms with Crippen molar-refractivity contribution in [2.45, 2.75) is 26.2 Å². The number of carbonyl (C=O) groups excluding carboxylic acids is 2. The molecule has 2 amide bonds. The average molecular weight is 254 g/mol. The Balaban J connectivity index is 2.08. The van der Waals surface area contributed by atoms with E-state index in [1.165, 1.54) is 11.3 Å². The molecule has 0 saturated heterocycles. The summed E-state index contributed by atoms with van der Waals surface area (Å²) < 4.78 is 0. The quantitative estimate of drug-likeness (QED) is 0.729. The summed E-state index contributed by atoms with van der Waals surface area (Å²) >= 11 is 1.42. The maximum atomic E-state index is 11.5. The first kappa shape index (κ1) is 13.7. The molecule has 0 fully saturated rings. The van der Waals surface area contributed by atoms with Gasteiger partial charge >= 0.3 is 0 Å². The lowest BCUT2D eigenvalue weighted by molar-refractivity contribution is -0.121. The Morgan fingerprint density at radius 2 is 2.12 bits per heavy atom. The molecule has 94 valence electrons. The zero-order chi connectivity index (χ0) is 12.5. The van der Waals surface area contributed by atoms with Crippen LogP contribution in [0.2, 0.25) is 0 Å². The molecule has 0 bridgehead atoms. The molecule has 0 spiro atoms. The summed E-state index contributed by atoms with van der Waals surface area (Å²) in [7, 11) is 0. The van der Waals surface area contributed by atoms with Crippen molar-refractivity contribution >= 4 is 23.2 Å². The van der Waals surface area contributed by atoms with Crippen molar-refractivity contribution in [3.63, 3.8) is 0 Å². The van der Waals surface area contributed by atoms with Crippen LogP contribution >= 0.6 is 11.3 Å². The summed E-state index contributed by atoms with van der Waals surface area (Å²) in [5, 5.41) is 7.45. The molecular formula is C12H18N2O2S. The summed E-state index contributed by atoms with van der Waals surface area (Å²) in [6.07, 6.45) is 2.08. The van der Waals surface area contributed by atoms with E-state index in [0.717, 1.165) is 13.0 Å². The molecule has 5 heteroatoms. The second-order valence-electron chi connectivity index (χ2n) is 3.69. The van der Waals surface area contributed by atoms with Crippen LogP contribution in [0.5, 0.6) is 0 Å². The highest BCUT2D eigenvalue weighted by Gasteiger charge is 2.05. The molecule has 1 rings (SSSR count). The molecule has 0 aliphatic carbocycles. The van der Waals surface area contributed by atoms with Crippen LogP contribution in [0.15, 0.2) is 17.5 Å². The lowest BCUT2D eigenvalue weighted by atomic mass is 10.3. The fourth-order valence-corrected chi connectivity index (χ4v) is 1.94. The standard InChI is InChI=1S/C12H18N2O2S/c1-2-7-13-11(15)6-3-8-14-12(16)10-5-4-9-17-10/h4-5,9H,2-3,6-8H2,1H3,(H,13,15)(H,14,16). The fourth-order valence-electron chi connectivity index (χ4n) is 1.30. The number of nitrogens with one attached hydrogen (secondary N) is 2. The van der Waals surface area contributed by atoms with Gasteiger partial charge in [0.25, 0.3) is 5.91 Å². The first-order valence-corrected chi connectivity index (χ1v) is 6.70. The van der Waals surface area contributed by atoms with Gasteiger partial charge in [0.1, 0.15) is 0 Å². The van der Waals surface area contributed by atoms with E-state index in [-0.39, 0.29) is 11.8 Å². The summed E-state index contributed by atoms with van der Waals surface area (Å²) in [6, 6.07) is 3.63. The maximum absolute atomic E-state index is 11.5. The molecule has 0 aromatic carbocycles. The predicted octanol–water partition coefficient (Wildman–Crippen LogP) is 1.78. The Labute approximate surface area is 105 Å². The van der Waals surface area contributed by atoms with E-state index < -0.39 is 0 Å². The largest absolute Gasteiger partial charge is 0.356 e. The van der Waals surface area contributed by atoms with Crippen molar-refractivity contribution < 1.29 is 9.59 Å². The van der Waals surface area contributed by atoms with Crippen molar-refractivity contribution in [1.29, 1.82) is 0 Å². The van der Waals surface area contributed by atoms with Gasteiger partial charge < -0.3 is 10.6 Å². The number of carbonyl (C=O) groups is 2. The zero-order valence-electron chi connectivity index (χ0n) is 9.99. The monoisotopic (exact) mass is 254 g/mol. The van der Waals surface area contributed by atoms with Crippen LogP contribution in [0.1, 0.15) is 35.9 Å². The van der Waals surface area contributed by atoms with Crippen LogP contribution < -0.4 is 10.6 Å². The molecule has 0 unspecified atom stereocenters. The normalized spacial score (nSPS) is 9.94. The van der Waals surface area contributed by atoms with Gasteiger partial charge in [0.15, 0.2) is 0 Å². The summed E-state index contributed by atoms with van der Waals surface area (Å²) in [5.41, 5.74) is 0. The Morgan fingerprint density at radius 1 is 1.29 bits per heavy atom. The third-order valence-corrected chi connectivity index (χ3v) is 3.05. The van der Waals surface area contributed by atoms with Crippen LogP contribution in [-0.4, -0.2) is 24.9 Å². The topological polar surface area (TPSA) is 58.2 Å². The highest BCUT2D eigenvalue weighted by Crippen LogP contribution is 2.07. The second-order valence-corrected chi connectivity index (χ2v) is 4.63. The van der Waals surface area contributed by atoms with Gasteiger partial charge in [-0.25, -0.2) is 0 Å². The molecule has 1 heterocycles. The Morgan fingerprint density at radius 3 is 2.76 bits per heavy atom. The molecule has 0 saturated carbocycles. The van der Waals surface area contributed by atoms with Crippen molar-refractivity contribution in [1.82, 2.24) is 10.6 Å². The number of hydrogen-bond donors (Lipinski definition) is 2. The van der Waals surface area contributed by atoms with Gasteiger partial charge in [-0.1, -0.05) is 13.0 Å². The van der Waals surface area contributed by atoms with Crippen LogP contribution in [0, 0.1) is 0 Å². The third-order valence-electron chi connectivity index (χ3n) is 2.18. The number of amides is 2. The number of rotatable bonds is 7. The first-order valence-electron chi connectivity index (χ1n) is 5.82. The Hall–Kier alpha value is -1.36. The smallest absolute Gasteiger partial charge is 0.261 e. The molecule has 0 aliphatic rings. The molecule has 1 aromatic heterocycles. The summed E-state index contributed by atoms with van der Waals surface area (Å²) in [6.45, 7) is 3.28. The minimum Gasteiger partial charge on any atom is -0.356 e. The molecule has 0 atom stereocenters. The van der Waals surface area contributed by atoms with E-state index in [2.05, 4.69) is 10.6 Å². The van der Waals surface area contributed by atoms with Crippen molar-refractivity contribution in [3.05, 3.63) is 22.4 Å². The molecule has 4 nitrogen and oxygen atoms in total. The van der Waals surface area contributed by atoms with Crippen molar-refractivity contribution in [3.8, 4) is 0 Å². The SMILES string of the molecule is CCCNC(=O)CCCNC(=O)c1cccs1. The minimum atomic E-state index is -0.0611. The lowest BCUT2D eigenvalue weighted by Gasteiger charge is -2.04. The first-order chi connectivity index (χ1) is 8.24. The molecule has 1 aromatic rings. The Kier molecular flexibility index (Phi) is 6.32. The van der Waals surface area contributed by atoms with Crippen LogP contribution in [0.4, 0.5) is 0 Å². The van der Waals surface area contributed by atoms with Crippen molar-refractivity contribution in [2.24, 2.45) is 0 Å². The minimum absolute atomic E-state index is 0.0530. The molecular weight excluding hydrogens is 236 g/mol. The van der Waals surface area contributed by atoms with Gasteiger partial charge in [-0.2, -0.15) is 0 Å². The van der Waals surface area contributed by atoms with E-state index in [1.807, 2.05) is 18.4 Å². The number of hydrogen-bond acceptors (Lipinski definition) is 3. The van der Waals surface area contributed by atoms with E-state index in [9.17, 15) is 9.59 Å². The molecule has 17 heavy (non-hydrogen) atoms. The molecule has 0 radical (unpaired) electrons. The van der Waals surface area contributed by atoms with Gasteiger partial charge in [0.05, 0.1) is 4.88 Å². The second kappa shape index (κ2) is 7.84. The van der Waals surface area contributed by atoms with E-state index in [4.69, 9.17) is 0 Å². The van der Waals surface area contributed by atoms with E-state index in [0.29, 0.717) is 24.3 Å². The molecule has 0 aliphatic heterocycles. The zero-order valence-corrected chi connectivity index (χ0v) is 10.8. The van der Waals surface area contributed by atoms with Crippen LogP contribution in [-0.2, 0) is 4.79 Å². The van der Waals surface area contributed by atoms with Crippen molar-refractivity contribution in [2.75, 3.05) is 13.1 Å². The summed E-state index contributed by atoms with van der Waals surface area (Å²) in [4.78, 5) is 23.5. The van der Waals surface area contributed by atoms with Gasteiger partial charge in [-0.15, -0.1) is 11.3 Å². The van der Waals surface area contributed by atoms with E-state index >= 15 is 0 Å². The van der Waals surface area contributed by atoms with Crippen LogP contribution in [0.25, 0.3) is 0 Å². The molecule has 2 N–H and O–H groups in total. The van der Waals surface area contributed by atoms with E-state index in [1.54, 1.807) is 6.07 Å². The highest BCUT2D eigenvalue weighted by atomic mass is 32.1. The average Bonchev–Trinajstić information content (AvgIpc) is 2.85. The van der Waals surface area contributed by atoms with Gasteiger partial charge in [-0.3, -0.25) is 9.59 Å². The predicted molar refractivity (Wildman–Crippen MR) is 69.2 cm³/mol. The van der Waals surface area contributed by atoms with Gasteiger partial charge in [-0.05, 0) is 24.3 Å². The third kappa shape index (κ3) is 5.49. The van der Waals surface area contributed by atoms with Crippen LogP contribution in [0.3, 0.4) is 0 Å². The lowest BCUT2D eigenvalue weighted by Crippen LogP contribution is -2.27. The fraction of sp³-hybridized carbons (Fsp3) is 0.500. The summed E-state index contributed by atoms with van der Waals surface area (Å²) in [5.74, 6) is -0.00816. The Bertz CT molecular complexity index is 349. The highest BCUT2D eigenvalue weighted by molar-refractivity contribution is 7.12. The number of thiophene rings is 1. The maximum Gasteiger partial charge on any atom is 0.261 e. The van der Waals surface area contributed by atoms with Gasteiger partial charge in [0.2, 0.25) is 5.91 Å².